The number of oxazole rings is 1. The number of pyridine rings is 2. The molecule has 1 aliphatic carbocycles. The Morgan fingerprint density at radius 2 is 2.03 bits per heavy atom. The second-order valence-electron chi connectivity index (χ2n) is 8.23. The fraction of sp³-hybridized carbons (Fsp3) is 0.364. The third-order valence-electron chi connectivity index (χ3n) is 6.07. The lowest BCUT2D eigenvalue weighted by Crippen LogP contribution is -2.48. The maximum absolute atomic E-state index is 13.5. The molecule has 1 saturated carbocycles. The van der Waals surface area contributed by atoms with Crippen LogP contribution < -0.4 is 5.32 Å². The quantitative estimate of drug-likeness (QED) is 0.652. The highest BCUT2D eigenvalue weighted by Crippen LogP contribution is 2.40. The first-order valence-electron chi connectivity index (χ1n) is 10.3. The Kier molecular flexibility index (Phi) is 4.87. The zero-order chi connectivity index (χ0) is 22.5. The molecule has 3 aromatic rings. The number of nitrogens with zero attached hydrogens (tertiary/aromatic N) is 4. The van der Waals surface area contributed by atoms with Crippen LogP contribution in [0.3, 0.4) is 0 Å². The largest absolute Gasteiger partial charge is 0.444 e. The molecule has 2 fully saturated rings. The number of hydrogen-bond acceptors (Lipinski definition) is 6. The van der Waals surface area contributed by atoms with Gasteiger partial charge in [-0.05, 0) is 49.9 Å². The lowest BCUT2D eigenvalue weighted by atomic mass is 10.0. The normalized spacial score (nSPS) is 22.4. The lowest BCUT2D eigenvalue weighted by molar-refractivity contribution is -0.137. The molecule has 4 heterocycles. The van der Waals surface area contributed by atoms with Gasteiger partial charge in [-0.2, -0.15) is 13.2 Å². The molecule has 1 amide bonds. The molecule has 1 saturated heterocycles. The van der Waals surface area contributed by atoms with Gasteiger partial charge in [0.2, 0.25) is 5.89 Å². The minimum absolute atomic E-state index is 0.100. The van der Waals surface area contributed by atoms with Crippen LogP contribution in [-0.4, -0.2) is 44.4 Å². The fourth-order valence-electron chi connectivity index (χ4n) is 4.64. The van der Waals surface area contributed by atoms with Gasteiger partial charge in [-0.25, -0.2) is 15.0 Å². The van der Waals surface area contributed by atoms with Crippen molar-refractivity contribution in [2.45, 2.75) is 38.0 Å². The highest BCUT2D eigenvalue weighted by molar-refractivity contribution is 5.98. The van der Waals surface area contributed by atoms with Crippen LogP contribution in [0.4, 0.5) is 19.0 Å². The van der Waals surface area contributed by atoms with Crippen molar-refractivity contribution in [3.05, 3.63) is 59.9 Å². The van der Waals surface area contributed by atoms with Crippen molar-refractivity contribution in [1.82, 2.24) is 19.9 Å². The second kappa shape index (κ2) is 7.61. The zero-order valence-corrected chi connectivity index (χ0v) is 17.1. The Bertz CT molecular complexity index is 1130. The van der Waals surface area contributed by atoms with Crippen molar-refractivity contribution >= 4 is 11.7 Å². The van der Waals surface area contributed by atoms with E-state index in [9.17, 15) is 18.0 Å². The number of piperidine rings is 1. The third-order valence-corrected chi connectivity index (χ3v) is 6.07. The van der Waals surface area contributed by atoms with Crippen LogP contribution >= 0.6 is 0 Å². The number of likely N-dealkylation sites (tertiary alicyclic amines) is 1. The molecule has 1 aliphatic heterocycles. The van der Waals surface area contributed by atoms with Crippen LogP contribution in [0.2, 0.25) is 0 Å². The fourth-order valence-corrected chi connectivity index (χ4v) is 4.64. The molecule has 5 rings (SSSR count). The number of carbonyl (C=O) groups is 1. The Hall–Kier alpha value is -3.43. The van der Waals surface area contributed by atoms with E-state index in [0.29, 0.717) is 35.4 Å². The first kappa shape index (κ1) is 20.5. The van der Waals surface area contributed by atoms with Crippen molar-refractivity contribution in [2.75, 3.05) is 11.9 Å². The van der Waals surface area contributed by atoms with E-state index < -0.39 is 11.7 Å². The first-order chi connectivity index (χ1) is 15.3. The molecular formula is C22H20F3N5O2. The highest BCUT2D eigenvalue weighted by atomic mass is 19.4. The predicted octanol–water partition coefficient (Wildman–Crippen LogP) is 4.17. The Morgan fingerprint density at radius 1 is 1.19 bits per heavy atom. The van der Waals surface area contributed by atoms with Crippen LogP contribution in [0.15, 0.2) is 47.3 Å². The number of nitrogens with one attached hydrogen (secondary N) is 1. The van der Waals surface area contributed by atoms with Gasteiger partial charge >= 0.3 is 6.18 Å². The van der Waals surface area contributed by atoms with Gasteiger partial charge in [0, 0.05) is 24.5 Å². The molecule has 1 N–H and O–H groups in total. The summed E-state index contributed by atoms with van der Waals surface area (Å²) in [5.74, 6) is 0.790. The van der Waals surface area contributed by atoms with Gasteiger partial charge in [-0.1, -0.05) is 0 Å². The van der Waals surface area contributed by atoms with E-state index in [-0.39, 0.29) is 23.7 Å². The minimum Gasteiger partial charge on any atom is -0.444 e. The number of halogens is 3. The van der Waals surface area contributed by atoms with Crippen LogP contribution in [0.25, 0.3) is 11.5 Å². The second-order valence-corrected chi connectivity index (χ2v) is 8.23. The smallest absolute Gasteiger partial charge is 0.417 e. The van der Waals surface area contributed by atoms with Crippen LogP contribution in [-0.2, 0) is 6.18 Å². The number of rotatable bonds is 4. The number of alkyl halides is 3. The van der Waals surface area contributed by atoms with Gasteiger partial charge in [0.1, 0.15) is 17.8 Å². The molecule has 2 aliphatic rings. The lowest BCUT2D eigenvalue weighted by Gasteiger charge is -2.34. The van der Waals surface area contributed by atoms with Gasteiger partial charge in [-0.3, -0.25) is 4.79 Å². The standard InChI is InChI=1S/C22H20F3N5O2/c1-12-2-4-15(20-26-6-7-32-20)19(28-12)21(31)30-11-13-8-16(17(30)9-13)29-18-5-3-14(10-27-18)22(23,24)25/h2-7,10,13,16-17H,8-9,11H2,1H3,(H,27,29). The van der Waals surface area contributed by atoms with Gasteiger partial charge in [0.05, 0.1) is 23.4 Å². The summed E-state index contributed by atoms with van der Waals surface area (Å²) in [7, 11) is 0. The maximum Gasteiger partial charge on any atom is 0.417 e. The summed E-state index contributed by atoms with van der Waals surface area (Å²) in [4.78, 5) is 27.8. The van der Waals surface area contributed by atoms with Crippen molar-refractivity contribution in [3.8, 4) is 11.5 Å². The minimum atomic E-state index is -4.43. The number of anilines is 1. The molecule has 3 atom stereocenters. The number of aryl methyl sites for hydroxylation is 1. The molecule has 7 nitrogen and oxygen atoms in total. The summed E-state index contributed by atoms with van der Waals surface area (Å²) in [6.07, 6.45) is 0.992. The monoisotopic (exact) mass is 443 g/mol. The van der Waals surface area contributed by atoms with E-state index >= 15 is 0 Å². The molecule has 0 aromatic carbocycles. The van der Waals surface area contributed by atoms with E-state index in [0.717, 1.165) is 25.1 Å². The van der Waals surface area contributed by atoms with Gasteiger partial charge in [-0.15, -0.1) is 0 Å². The Morgan fingerprint density at radius 3 is 2.69 bits per heavy atom. The first-order valence-corrected chi connectivity index (χ1v) is 10.3. The highest BCUT2D eigenvalue weighted by Gasteiger charge is 2.47. The van der Waals surface area contributed by atoms with Crippen LogP contribution in [0.1, 0.15) is 34.6 Å². The van der Waals surface area contributed by atoms with E-state index in [1.165, 1.54) is 18.5 Å². The molecule has 2 bridgehead atoms. The van der Waals surface area contributed by atoms with Gasteiger partial charge in [0.15, 0.2) is 0 Å². The Labute approximate surface area is 181 Å². The van der Waals surface area contributed by atoms with E-state index in [1.807, 2.05) is 6.92 Å². The maximum atomic E-state index is 13.5. The number of fused-ring (bicyclic) bond motifs is 2. The number of aromatic nitrogens is 3. The number of carbonyl (C=O) groups excluding carboxylic acids is 1. The topological polar surface area (TPSA) is 84.2 Å². The van der Waals surface area contributed by atoms with Crippen molar-refractivity contribution in [2.24, 2.45) is 5.92 Å². The van der Waals surface area contributed by atoms with Gasteiger partial charge in [0.25, 0.3) is 5.91 Å². The molecule has 3 aromatic heterocycles. The summed E-state index contributed by atoms with van der Waals surface area (Å²) in [6, 6.07) is 5.70. The molecule has 32 heavy (non-hydrogen) atoms. The molecule has 10 heteroatoms. The SMILES string of the molecule is Cc1ccc(-c2ncco2)c(C(=O)N2CC3CC(Nc4ccc(C(F)(F)F)cn4)C2C3)n1. The van der Waals surface area contributed by atoms with E-state index in [2.05, 4.69) is 20.3 Å². The predicted molar refractivity (Wildman–Crippen MR) is 109 cm³/mol. The third kappa shape index (κ3) is 3.69. The Balaban J connectivity index is 1.37. The summed E-state index contributed by atoms with van der Waals surface area (Å²) in [5.41, 5.74) is 0.725. The van der Waals surface area contributed by atoms with Crippen molar-refractivity contribution in [1.29, 1.82) is 0 Å². The summed E-state index contributed by atoms with van der Waals surface area (Å²) in [6.45, 7) is 2.43. The summed E-state index contributed by atoms with van der Waals surface area (Å²) < 4.78 is 43.8. The van der Waals surface area contributed by atoms with Crippen LogP contribution in [0.5, 0.6) is 0 Å². The average molecular weight is 443 g/mol. The van der Waals surface area contributed by atoms with Crippen molar-refractivity contribution < 1.29 is 22.4 Å². The van der Waals surface area contributed by atoms with E-state index in [1.54, 1.807) is 17.0 Å². The molecule has 166 valence electrons. The molecule has 0 spiro atoms. The molecular weight excluding hydrogens is 423 g/mol. The zero-order valence-electron chi connectivity index (χ0n) is 17.1. The summed E-state index contributed by atoms with van der Waals surface area (Å²) in [5, 5.41) is 3.22. The molecule has 0 radical (unpaired) electrons. The number of amides is 1. The summed E-state index contributed by atoms with van der Waals surface area (Å²) >= 11 is 0. The number of hydrogen-bond donors (Lipinski definition) is 1. The van der Waals surface area contributed by atoms with Crippen molar-refractivity contribution in [3.63, 3.8) is 0 Å². The van der Waals surface area contributed by atoms with Gasteiger partial charge < -0.3 is 14.6 Å². The van der Waals surface area contributed by atoms with Crippen LogP contribution in [0, 0.1) is 12.8 Å². The van der Waals surface area contributed by atoms with E-state index in [4.69, 9.17) is 4.42 Å². The average Bonchev–Trinajstić information content (AvgIpc) is 3.50. The molecule has 3 unspecified atom stereocenters.